The number of urea groups is 1. The van der Waals surface area contributed by atoms with Crippen LogP contribution in [-0.4, -0.2) is 44.8 Å². The van der Waals surface area contributed by atoms with Gasteiger partial charge in [0.2, 0.25) is 5.13 Å². The molecule has 0 radical (unpaired) electrons. The fraction of sp³-hybridized carbons (Fsp3) is 0.667. The summed E-state index contributed by atoms with van der Waals surface area (Å²) in [6, 6.07) is -0.330. The molecule has 1 aromatic rings. The molecular formula is C12H18N4O3S. The average Bonchev–Trinajstić information content (AvgIpc) is 2.85. The maximum absolute atomic E-state index is 12.2. The van der Waals surface area contributed by atoms with Gasteiger partial charge < -0.3 is 10.0 Å². The van der Waals surface area contributed by atoms with Crippen molar-refractivity contribution in [1.82, 2.24) is 15.1 Å². The van der Waals surface area contributed by atoms with Crippen LogP contribution in [0.4, 0.5) is 9.93 Å². The van der Waals surface area contributed by atoms with E-state index < -0.39 is 5.97 Å². The molecule has 1 fully saturated rings. The lowest BCUT2D eigenvalue weighted by molar-refractivity contribution is -0.143. The van der Waals surface area contributed by atoms with Gasteiger partial charge in [0.05, 0.1) is 5.92 Å². The second-order valence-electron chi connectivity index (χ2n) is 4.89. The lowest BCUT2D eigenvalue weighted by Crippen LogP contribution is -2.47. The molecule has 2 atom stereocenters. The van der Waals surface area contributed by atoms with E-state index in [1.165, 1.54) is 11.3 Å². The van der Waals surface area contributed by atoms with Crippen molar-refractivity contribution >= 4 is 28.5 Å². The van der Waals surface area contributed by atoms with Crippen LogP contribution in [0.5, 0.6) is 0 Å². The zero-order valence-electron chi connectivity index (χ0n) is 11.5. The highest BCUT2D eigenvalue weighted by molar-refractivity contribution is 7.15. The standard InChI is InChI=1S/C12H18N4O3S/c1-3-9-14-15-11(20-9)13-12(19)16-5-4-8(10(17)18)6-7(16)2/h7-8H,3-6H2,1-2H3,(H,17,18)(H,13,15,19). The van der Waals surface area contributed by atoms with E-state index in [-0.39, 0.29) is 18.0 Å². The molecule has 1 saturated heterocycles. The maximum Gasteiger partial charge on any atom is 0.323 e. The van der Waals surface area contributed by atoms with E-state index in [0.717, 1.165) is 11.4 Å². The third kappa shape index (κ3) is 3.24. The first-order valence-electron chi connectivity index (χ1n) is 6.64. The molecule has 0 bridgehead atoms. The number of nitrogens with one attached hydrogen (secondary N) is 1. The summed E-state index contributed by atoms with van der Waals surface area (Å²) in [5, 5.41) is 20.9. The number of aliphatic carboxylic acids is 1. The molecule has 1 aromatic heterocycles. The Hall–Kier alpha value is -1.70. The number of aryl methyl sites for hydroxylation is 1. The first-order chi connectivity index (χ1) is 9.51. The van der Waals surface area contributed by atoms with Crippen molar-refractivity contribution in [3.05, 3.63) is 5.01 Å². The van der Waals surface area contributed by atoms with Crippen LogP contribution in [0.1, 0.15) is 31.7 Å². The van der Waals surface area contributed by atoms with Gasteiger partial charge in [-0.3, -0.25) is 10.1 Å². The molecular weight excluding hydrogens is 280 g/mol. The Labute approximate surface area is 121 Å². The molecule has 2 rings (SSSR count). The van der Waals surface area contributed by atoms with Crippen molar-refractivity contribution in [2.45, 2.75) is 39.2 Å². The molecule has 0 saturated carbocycles. The van der Waals surface area contributed by atoms with Crippen molar-refractivity contribution in [2.75, 3.05) is 11.9 Å². The molecule has 1 aliphatic rings. The fourth-order valence-electron chi connectivity index (χ4n) is 2.31. The normalized spacial score (nSPS) is 22.6. The number of carbonyl (C=O) groups excluding carboxylic acids is 1. The lowest BCUT2D eigenvalue weighted by Gasteiger charge is -2.35. The zero-order valence-corrected chi connectivity index (χ0v) is 12.3. The van der Waals surface area contributed by atoms with Crippen molar-refractivity contribution in [3.63, 3.8) is 0 Å². The number of hydrogen-bond donors (Lipinski definition) is 2. The Morgan fingerprint density at radius 3 is 2.80 bits per heavy atom. The quantitative estimate of drug-likeness (QED) is 0.887. The third-order valence-electron chi connectivity index (χ3n) is 3.47. The Balaban J connectivity index is 1.94. The van der Waals surface area contributed by atoms with Crippen LogP contribution in [0.15, 0.2) is 0 Å². The first-order valence-corrected chi connectivity index (χ1v) is 7.45. The molecule has 110 valence electrons. The Kier molecular flexibility index (Phi) is 4.53. The number of carboxylic acids is 1. The first kappa shape index (κ1) is 14.7. The molecule has 0 aliphatic carbocycles. The van der Waals surface area contributed by atoms with Gasteiger partial charge >= 0.3 is 12.0 Å². The van der Waals surface area contributed by atoms with Gasteiger partial charge in [0.15, 0.2) is 0 Å². The molecule has 2 heterocycles. The number of likely N-dealkylation sites (tertiary alicyclic amines) is 1. The summed E-state index contributed by atoms with van der Waals surface area (Å²) in [7, 11) is 0. The minimum absolute atomic E-state index is 0.0941. The summed E-state index contributed by atoms with van der Waals surface area (Å²) < 4.78 is 0. The number of carboxylic acid groups (broad SMARTS) is 1. The van der Waals surface area contributed by atoms with E-state index in [1.54, 1.807) is 4.90 Å². The highest BCUT2D eigenvalue weighted by Gasteiger charge is 2.32. The van der Waals surface area contributed by atoms with Crippen molar-refractivity contribution in [1.29, 1.82) is 0 Å². The summed E-state index contributed by atoms with van der Waals surface area (Å²) in [6.45, 7) is 4.29. The monoisotopic (exact) mass is 298 g/mol. The van der Waals surface area contributed by atoms with Gasteiger partial charge in [-0.05, 0) is 26.2 Å². The number of rotatable bonds is 3. The number of nitrogens with zero attached hydrogens (tertiary/aromatic N) is 3. The van der Waals surface area contributed by atoms with Crippen molar-refractivity contribution in [2.24, 2.45) is 5.92 Å². The molecule has 7 nitrogen and oxygen atoms in total. The molecule has 0 spiro atoms. The van der Waals surface area contributed by atoms with Gasteiger partial charge in [-0.2, -0.15) is 0 Å². The van der Waals surface area contributed by atoms with Gasteiger partial charge in [-0.1, -0.05) is 18.3 Å². The SMILES string of the molecule is CCc1nnc(NC(=O)N2CCC(C(=O)O)CC2C)s1. The van der Waals surface area contributed by atoms with Crippen LogP contribution in [-0.2, 0) is 11.2 Å². The highest BCUT2D eigenvalue weighted by atomic mass is 32.1. The predicted octanol–water partition coefficient (Wildman–Crippen LogP) is 1.82. The van der Waals surface area contributed by atoms with E-state index in [9.17, 15) is 9.59 Å². The summed E-state index contributed by atoms with van der Waals surface area (Å²) >= 11 is 1.36. The van der Waals surface area contributed by atoms with Crippen molar-refractivity contribution < 1.29 is 14.7 Å². The third-order valence-corrected chi connectivity index (χ3v) is 4.45. The van der Waals surface area contributed by atoms with E-state index >= 15 is 0 Å². The van der Waals surface area contributed by atoms with Crippen LogP contribution in [0.25, 0.3) is 0 Å². The second-order valence-corrected chi connectivity index (χ2v) is 5.95. The number of carbonyl (C=O) groups is 2. The Morgan fingerprint density at radius 1 is 1.50 bits per heavy atom. The summed E-state index contributed by atoms with van der Waals surface area (Å²) in [5.41, 5.74) is 0. The molecule has 20 heavy (non-hydrogen) atoms. The number of hydrogen-bond acceptors (Lipinski definition) is 5. The van der Waals surface area contributed by atoms with Crippen LogP contribution in [0.2, 0.25) is 0 Å². The zero-order chi connectivity index (χ0) is 14.7. The van der Waals surface area contributed by atoms with E-state index in [2.05, 4.69) is 15.5 Å². The van der Waals surface area contributed by atoms with Gasteiger partial charge in [-0.25, -0.2) is 4.79 Å². The Morgan fingerprint density at radius 2 is 2.25 bits per heavy atom. The van der Waals surface area contributed by atoms with E-state index in [1.807, 2.05) is 13.8 Å². The minimum Gasteiger partial charge on any atom is -0.481 e. The summed E-state index contributed by atoms with van der Waals surface area (Å²) in [6.07, 6.45) is 1.76. The van der Waals surface area contributed by atoms with Gasteiger partial charge in [0.1, 0.15) is 5.01 Å². The van der Waals surface area contributed by atoms with Crippen LogP contribution in [0, 0.1) is 5.92 Å². The maximum atomic E-state index is 12.2. The largest absolute Gasteiger partial charge is 0.481 e. The smallest absolute Gasteiger partial charge is 0.323 e. The van der Waals surface area contributed by atoms with Gasteiger partial charge in [0, 0.05) is 12.6 Å². The highest BCUT2D eigenvalue weighted by Crippen LogP contribution is 2.24. The molecule has 2 N–H and O–H groups in total. The number of piperidine rings is 1. The average molecular weight is 298 g/mol. The summed E-state index contributed by atoms with van der Waals surface area (Å²) in [5.74, 6) is -1.14. The topological polar surface area (TPSA) is 95.4 Å². The van der Waals surface area contributed by atoms with Crippen LogP contribution < -0.4 is 5.32 Å². The lowest BCUT2D eigenvalue weighted by atomic mass is 9.92. The molecule has 2 unspecified atom stereocenters. The predicted molar refractivity (Wildman–Crippen MR) is 74.8 cm³/mol. The van der Waals surface area contributed by atoms with E-state index in [4.69, 9.17) is 5.11 Å². The van der Waals surface area contributed by atoms with Gasteiger partial charge in [-0.15, -0.1) is 10.2 Å². The number of anilines is 1. The van der Waals surface area contributed by atoms with Crippen molar-refractivity contribution in [3.8, 4) is 0 Å². The Bertz CT molecular complexity index is 505. The molecule has 1 aliphatic heterocycles. The van der Waals surface area contributed by atoms with Gasteiger partial charge in [0.25, 0.3) is 0 Å². The number of aromatic nitrogens is 2. The fourth-order valence-corrected chi connectivity index (χ4v) is 2.98. The second kappa shape index (κ2) is 6.17. The molecule has 2 amide bonds. The van der Waals surface area contributed by atoms with Crippen LogP contribution in [0.3, 0.4) is 0 Å². The molecule has 0 aromatic carbocycles. The number of amides is 2. The minimum atomic E-state index is -0.784. The summed E-state index contributed by atoms with van der Waals surface area (Å²) in [4.78, 5) is 24.8. The van der Waals surface area contributed by atoms with Crippen LogP contribution >= 0.6 is 11.3 Å². The molecule has 8 heteroatoms. The van der Waals surface area contributed by atoms with E-state index in [0.29, 0.717) is 24.5 Å².